The number of nitrogens with zero attached hydrogens (tertiary/aromatic N) is 3. The van der Waals surface area contributed by atoms with Crippen molar-refractivity contribution in [2.24, 2.45) is 15.8 Å². The van der Waals surface area contributed by atoms with Gasteiger partial charge >= 0.3 is 0 Å². The highest BCUT2D eigenvalue weighted by molar-refractivity contribution is 7.07. The lowest BCUT2D eigenvalue weighted by Crippen LogP contribution is -2.15. The van der Waals surface area contributed by atoms with Crippen molar-refractivity contribution in [2.45, 2.75) is 0 Å². The zero-order valence-electron chi connectivity index (χ0n) is 17.4. The molecular formula is C22H22N4O5S. The Labute approximate surface area is 188 Å². The van der Waals surface area contributed by atoms with Crippen LogP contribution in [-0.2, 0) is 4.74 Å². The number of carbonyl (C=O) groups excluding carboxylic acids is 1. The van der Waals surface area contributed by atoms with Gasteiger partial charge in [-0.25, -0.2) is 4.68 Å². The maximum absolute atomic E-state index is 11.7. The summed E-state index contributed by atoms with van der Waals surface area (Å²) in [5.41, 5.74) is 7.61. The Balaban J connectivity index is 1.75. The topological polar surface area (TPSA) is 121 Å². The summed E-state index contributed by atoms with van der Waals surface area (Å²) in [5, 5.41) is 16.4. The van der Waals surface area contributed by atoms with Crippen LogP contribution in [0.5, 0.6) is 17.2 Å². The fourth-order valence-electron chi connectivity index (χ4n) is 3.11. The average Bonchev–Trinajstić information content (AvgIpc) is 3.20. The van der Waals surface area contributed by atoms with Gasteiger partial charge in [0.2, 0.25) is 4.80 Å². The molecule has 0 spiro atoms. The molecule has 2 aromatic carbocycles. The molecule has 0 fully saturated rings. The van der Waals surface area contributed by atoms with Gasteiger partial charge in [-0.3, -0.25) is 9.79 Å². The molecule has 32 heavy (non-hydrogen) atoms. The third-order valence-corrected chi connectivity index (χ3v) is 5.53. The van der Waals surface area contributed by atoms with Crippen molar-refractivity contribution in [1.29, 1.82) is 0 Å². The van der Waals surface area contributed by atoms with Gasteiger partial charge in [0.1, 0.15) is 19.0 Å². The molecule has 10 heteroatoms. The number of hydrogen-bond donors (Lipinski definition) is 2. The maximum atomic E-state index is 11.7. The summed E-state index contributed by atoms with van der Waals surface area (Å²) in [5.74, 6) is 0.490. The molecule has 0 saturated heterocycles. The summed E-state index contributed by atoms with van der Waals surface area (Å²) < 4.78 is 18.0. The van der Waals surface area contributed by atoms with Crippen molar-refractivity contribution in [3.8, 4) is 28.5 Å². The first-order valence-electron chi connectivity index (χ1n) is 9.84. The van der Waals surface area contributed by atoms with Gasteiger partial charge in [-0.1, -0.05) is 0 Å². The lowest BCUT2D eigenvalue weighted by Gasteiger charge is -2.18. The minimum Gasteiger partial charge on any atom is -0.507 e. The van der Waals surface area contributed by atoms with Crippen LogP contribution in [0.15, 0.2) is 51.9 Å². The van der Waals surface area contributed by atoms with Gasteiger partial charge in [0.05, 0.1) is 30.6 Å². The molecule has 0 atom stereocenters. The Hall–Kier alpha value is -3.63. The standard InChI is InChI=1S/C22H22N4O5S/c1-29-7-6-24-22-26(25-12-14-2-5-19-20(10-14)31-9-8-30-19)17(13-32-22)15-3-4-18(27)16(11-15)21(23)28/h2-5,10-13,27H,6-9H2,1H3,(H2,23,28)/b24-22?,25-12+. The van der Waals surface area contributed by atoms with E-state index < -0.39 is 5.91 Å². The molecule has 9 nitrogen and oxygen atoms in total. The van der Waals surface area contributed by atoms with Crippen LogP contribution in [0.25, 0.3) is 11.3 Å². The van der Waals surface area contributed by atoms with Crippen molar-refractivity contribution >= 4 is 23.5 Å². The quantitative estimate of drug-likeness (QED) is 0.419. The minimum absolute atomic E-state index is 0.0361. The van der Waals surface area contributed by atoms with Crippen LogP contribution < -0.4 is 20.0 Å². The summed E-state index contributed by atoms with van der Waals surface area (Å²) in [4.78, 5) is 16.9. The smallest absolute Gasteiger partial charge is 0.252 e. The first kappa shape index (κ1) is 21.6. The van der Waals surface area contributed by atoms with E-state index in [-0.39, 0.29) is 11.3 Å². The Bertz CT molecular complexity index is 1230. The molecular weight excluding hydrogens is 432 g/mol. The van der Waals surface area contributed by atoms with Crippen LogP contribution in [-0.4, -0.2) is 55.4 Å². The Morgan fingerprint density at radius 3 is 2.84 bits per heavy atom. The fourth-order valence-corrected chi connectivity index (χ4v) is 3.97. The monoisotopic (exact) mass is 454 g/mol. The maximum Gasteiger partial charge on any atom is 0.252 e. The van der Waals surface area contributed by atoms with E-state index >= 15 is 0 Å². The number of carbonyl (C=O) groups is 1. The second kappa shape index (κ2) is 9.67. The molecule has 2 heterocycles. The molecule has 1 aliphatic heterocycles. The van der Waals surface area contributed by atoms with E-state index in [4.69, 9.17) is 19.9 Å². The summed E-state index contributed by atoms with van der Waals surface area (Å²) in [7, 11) is 1.62. The van der Waals surface area contributed by atoms with Crippen molar-refractivity contribution < 1.29 is 24.1 Å². The predicted octanol–water partition coefficient (Wildman–Crippen LogP) is 2.22. The number of aromatic hydroxyl groups is 1. The second-order valence-electron chi connectivity index (χ2n) is 6.83. The zero-order chi connectivity index (χ0) is 22.5. The van der Waals surface area contributed by atoms with Gasteiger partial charge in [-0.15, -0.1) is 11.3 Å². The van der Waals surface area contributed by atoms with Gasteiger partial charge in [-0.2, -0.15) is 5.10 Å². The number of benzene rings is 2. The van der Waals surface area contributed by atoms with E-state index in [1.807, 2.05) is 23.6 Å². The highest BCUT2D eigenvalue weighted by Crippen LogP contribution is 2.30. The van der Waals surface area contributed by atoms with Gasteiger partial charge in [0, 0.05) is 18.1 Å². The van der Waals surface area contributed by atoms with Gasteiger partial charge in [0.15, 0.2) is 11.5 Å². The second-order valence-corrected chi connectivity index (χ2v) is 7.67. The number of hydrogen-bond acceptors (Lipinski definition) is 8. The normalized spacial score (nSPS) is 13.6. The molecule has 3 N–H and O–H groups in total. The third kappa shape index (κ3) is 4.66. The van der Waals surface area contributed by atoms with Gasteiger partial charge in [-0.05, 0) is 42.0 Å². The molecule has 1 amide bonds. The number of phenols is 1. The number of ether oxygens (including phenoxy) is 3. The number of nitrogens with two attached hydrogens (primary N) is 1. The molecule has 4 rings (SSSR count). The minimum atomic E-state index is -0.712. The largest absolute Gasteiger partial charge is 0.507 e. The molecule has 0 radical (unpaired) electrons. The molecule has 1 aromatic heterocycles. The van der Waals surface area contributed by atoms with Crippen molar-refractivity contribution in [3.05, 3.63) is 57.7 Å². The molecule has 0 saturated carbocycles. The number of amides is 1. The number of primary amides is 1. The molecule has 0 unspecified atom stereocenters. The Morgan fingerprint density at radius 1 is 1.25 bits per heavy atom. The van der Waals surface area contributed by atoms with Gasteiger partial charge in [0.25, 0.3) is 5.91 Å². The van der Waals surface area contributed by atoms with E-state index in [9.17, 15) is 9.90 Å². The number of fused-ring (bicyclic) bond motifs is 1. The first-order chi connectivity index (χ1) is 15.6. The van der Waals surface area contributed by atoms with E-state index in [0.717, 1.165) is 5.56 Å². The number of aromatic nitrogens is 1. The van der Waals surface area contributed by atoms with Crippen LogP contribution in [0.2, 0.25) is 0 Å². The average molecular weight is 455 g/mol. The molecule has 166 valence electrons. The van der Waals surface area contributed by atoms with E-state index in [1.165, 1.54) is 23.5 Å². The van der Waals surface area contributed by atoms with Crippen LogP contribution in [0.1, 0.15) is 15.9 Å². The van der Waals surface area contributed by atoms with Crippen LogP contribution >= 0.6 is 11.3 Å². The van der Waals surface area contributed by atoms with Crippen molar-refractivity contribution in [3.63, 3.8) is 0 Å². The van der Waals surface area contributed by atoms with E-state index in [2.05, 4.69) is 10.1 Å². The fraction of sp³-hybridized carbons (Fsp3) is 0.227. The van der Waals surface area contributed by atoms with Crippen molar-refractivity contribution in [2.75, 3.05) is 33.5 Å². The SMILES string of the molecule is COCCN=c1scc(-c2ccc(O)c(C(N)=O)c2)n1/N=C/c1ccc2c(c1)OCCO2. The molecule has 3 aromatic rings. The van der Waals surface area contributed by atoms with E-state index in [1.54, 1.807) is 24.1 Å². The van der Waals surface area contributed by atoms with Crippen LogP contribution in [0.3, 0.4) is 0 Å². The highest BCUT2D eigenvalue weighted by atomic mass is 32.1. The lowest BCUT2D eigenvalue weighted by molar-refractivity contribution is 0.0998. The van der Waals surface area contributed by atoms with Crippen LogP contribution in [0, 0.1) is 0 Å². The summed E-state index contributed by atoms with van der Waals surface area (Å²) in [6, 6.07) is 10.3. The van der Waals surface area contributed by atoms with E-state index in [0.29, 0.717) is 53.9 Å². The molecule has 1 aliphatic rings. The van der Waals surface area contributed by atoms with Gasteiger partial charge < -0.3 is 25.1 Å². The summed E-state index contributed by atoms with van der Waals surface area (Å²) in [6.07, 6.45) is 1.69. The predicted molar refractivity (Wildman–Crippen MR) is 121 cm³/mol. The van der Waals surface area contributed by atoms with Crippen LogP contribution in [0.4, 0.5) is 0 Å². The Morgan fingerprint density at radius 2 is 2.06 bits per heavy atom. The first-order valence-corrected chi connectivity index (χ1v) is 10.7. The number of rotatable bonds is 7. The lowest BCUT2D eigenvalue weighted by atomic mass is 10.1. The highest BCUT2D eigenvalue weighted by Gasteiger charge is 2.14. The zero-order valence-corrected chi connectivity index (χ0v) is 18.2. The number of thiazole rings is 1. The Kier molecular flexibility index (Phi) is 6.52. The molecule has 0 bridgehead atoms. The molecule has 0 aliphatic carbocycles. The van der Waals surface area contributed by atoms with Crippen molar-refractivity contribution in [1.82, 2.24) is 4.68 Å². The summed E-state index contributed by atoms with van der Waals surface area (Å²) >= 11 is 1.40. The number of methoxy groups -OCH3 is 1. The third-order valence-electron chi connectivity index (χ3n) is 4.67. The summed E-state index contributed by atoms with van der Waals surface area (Å²) in [6.45, 7) is 1.98.